The molecule has 4 heteroatoms. The van der Waals surface area contributed by atoms with Crippen LogP contribution in [0.4, 0.5) is 0 Å². The fourth-order valence-electron chi connectivity index (χ4n) is 1.14. The molecule has 0 fully saturated rings. The van der Waals surface area contributed by atoms with Gasteiger partial charge in [-0.05, 0) is 19.1 Å². The van der Waals surface area contributed by atoms with E-state index in [1.165, 1.54) is 0 Å². The minimum Gasteiger partial charge on any atom is -0.250 e. The van der Waals surface area contributed by atoms with Gasteiger partial charge in [-0.3, -0.25) is 0 Å². The number of nitrogens with zero attached hydrogens (tertiary/aromatic N) is 3. The Morgan fingerprint density at radius 3 is 2.50 bits per heavy atom. The van der Waals surface area contributed by atoms with Crippen LogP contribution < -0.4 is 5.46 Å². The van der Waals surface area contributed by atoms with Crippen LogP contribution in [0.15, 0.2) is 30.6 Å². The Kier molecular flexibility index (Phi) is 2.27. The lowest BCUT2D eigenvalue weighted by Gasteiger charge is -2.00. The largest absolute Gasteiger partial charge is 0.250 e. The first-order valence-electron chi connectivity index (χ1n) is 4.27. The van der Waals surface area contributed by atoms with Gasteiger partial charge in [-0.25, -0.2) is 15.0 Å². The molecule has 2 rings (SSSR count). The zero-order valence-corrected chi connectivity index (χ0v) is 7.81. The molecule has 2 aromatic heterocycles. The van der Waals surface area contributed by atoms with Crippen LogP contribution in [0, 0.1) is 6.92 Å². The van der Waals surface area contributed by atoms with Crippen molar-refractivity contribution < 1.29 is 0 Å². The Labute approximate surface area is 83.7 Å². The Bertz CT molecular complexity index is 439. The van der Waals surface area contributed by atoms with Gasteiger partial charge >= 0.3 is 0 Å². The Hall–Kier alpha value is -1.71. The summed E-state index contributed by atoms with van der Waals surface area (Å²) in [6, 6.07) is 5.73. The van der Waals surface area contributed by atoms with E-state index in [1.54, 1.807) is 12.4 Å². The van der Waals surface area contributed by atoms with Crippen molar-refractivity contribution in [1.29, 1.82) is 0 Å². The van der Waals surface area contributed by atoms with E-state index in [0.29, 0.717) is 11.3 Å². The standard InChI is InChI=1S/C10H8BN3/c1-7-3-2-4-9(14-7)10-12-5-8(11)6-13-10/h2-6H,1H3. The zero-order chi connectivity index (χ0) is 9.97. The van der Waals surface area contributed by atoms with Gasteiger partial charge in [-0.15, -0.1) is 0 Å². The average molecular weight is 181 g/mol. The SMILES string of the molecule is [B]c1cnc(-c2cccc(C)n2)nc1. The van der Waals surface area contributed by atoms with Crippen LogP contribution in [-0.2, 0) is 0 Å². The van der Waals surface area contributed by atoms with Crippen molar-refractivity contribution in [2.24, 2.45) is 0 Å². The smallest absolute Gasteiger partial charge is 0.178 e. The number of hydrogen-bond acceptors (Lipinski definition) is 3. The van der Waals surface area contributed by atoms with Gasteiger partial charge in [0.2, 0.25) is 0 Å². The molecule has 3 nitrogen and oxygen atoms in total. The highest BCUT2D eigenvalue weighted by Crippen LogP contribution is 2.09. The van der Waals surface area contributed by atoms with Crippen molar-refractivity contribution in [1.82, 2.24) is 15.0 Å². The van der Waals surface area contributed by atoms with Gasteiger partial charge in [0.25, 0.3) is 0 Å². The van der Waals surface area contributed by atoms with Gasteiger partial charge in [0.1, 0.15) is 13.5 Å². The minimum atomic E-state index is 0.557. The Morgan fingerprint density at radius 1 is 1.14 bits per heavy atom. The lowest BCUT2D eigenvalue weighted by atomic mass is 10.0. The molecular formula is C10H8BN3. The van der Waals surface area contributed by atoms with Crippen molar-refractivity contribution in [3.8, 4) is 11.5 Å². The fourth-order valence-corrected chi connectivity index (χ4v) is 1.14. The first-order chi connectivity index (χ1) is 6.75. The predicted octanol–water partition coefficient (Wildman–Crippen LogP) is 0.641. The van der Waals surface area contributed by atoms with Crippen LogP contribution in [0.3, 0.4) is 0 Å². The van der Waals surface area contributed by atoms with Crippen LogP contribution in [0.25, 0.3) is 11.5 Å². The monoisotopic (exact) mass is 181 g/mol. The van der Waals surface area contributed by atoms with E-state index in [2.05, 4.69) is 15.0 Å². The zero-order valence-electron chi connectivity index (χ0n) is 7.81. The highest BCUT2D eigenvalue weighted by Gasteiger charge is 2.00. The van der Waals surface area contributed by atoms with E-state index >= 15 is 0 Å². The second-order valence-corrected chi connectivity index (χ2v) is 3.00. The fraction of sp³-hybridized carbons (Fsp3) is 0.100. The maximum atomic E-state index is 5.49. The molecule has 0 saturated carbocycles. The molecule has 0 atom stereocenters. The van der Waals surface area contributed by atoms with Gasteiger partial charge in [0.05, 0.1) is 0 Å². The summed E-state index contributed by atoms with van der Waals surface area (Å²) >= 11 is 0. The molecule has 66 valence electrons. The van der Waals surface area contributed by atoms with Crippen LogP contribution in [0.5, 0.6) is 0 Å². The topological polar surface area (TPSA) is 38.7 Å². The highest BCUT2D eigenvalue weighted by molar-refractivity contribution is 6.31. The minimum absolute atomic E-state index is 0.557. The second kappa shape index (κ2) is 3.58. The number of pyridine rings is 1. The third-order valence-corrected chi connectivity index (χ3v) is 1.79. The number of hydrogen-bond donors (Lipinski definition) is 0. The predicted molar refractivity (Wildman–Crippen MR) is 55.4 cm³/mol. The van der Waals surface area contributed by atoms with E-state index in [9.17, 15) is 0 Å². The number of aryl methyl sites for hydroxylation is 1. The molecular weight excluding hydrogens is 173 g/mol. The van der Waals surface area contributed by atoms with E-state index in [-0.39, 0.29) is 0 Å². The molecule has 0 unspecified atom stereocenters. The van der Waals surface area contributed by atoms with E-state index in [0.717, 1.165) is 11.4 Å². The molecule has 0 aliphatic rings. The molecule has 2 radical (unpaired) electrons. The summed E-state index contributed by atoms with van der Waals surface area (Å²) in [6.07, 6.45) is 3.15. The normalized spacial score (nSPS) is 10.1. The first kappa shape index (κ1) is 8.87. The molecule has 0 bridgehead atoms. The lowest BCUT2D eigenvalue weighted by Crippen LogP contribution is -2.05. The Morgan fingerprint density at radius 2 is 1.86 bits per heavy atom. The maximum absolute atomic E-state index is 5.49. The molecule has 0 aromatic carbocycles. The molecule has 2 heterocycles. The molecule has 0 spiro atoms. The average Bonchev–Trinajstić information content (AvgIpc) is 2.19. The summed E-state index contributed by atoms with van der Waals surface area (Å²) in [7, 11) is 5.49. The summed E-state index contributed by atoms with van der Waals surface area (Å²) in [5.41, 5.74) is 2.27. The molecule has 0 amide bonds. The lowest BCUT2D eigenvalue weighted by molar-refractivity contribution is 1.12. The van der Waals surface area contributed by atoms with Gasteiger partial charge in [-0.2, -0.15) is 0 Å². The summed E-state index contributed by atoms with van der Waals surface area (Å²) < 4.78 is 0. The van der Waals surface area contributed by atoms with Crippen molar-refractivity contribution in [3.05, 3.63) is 36.3 Å². The Balaban J connectivity index is 2.44. The molecule has 0 N–H and O–H groups in total. The van der Waals surface area contributed by atoms with Crippen molar-refractivity contribution in [2.75, 3.05) is 0 Å². The van der Waals surface area contributed by atoms with Gasteiger partial charge in [0, 0.05) is 18.1 Å². The third kappa shape index (κ3) is 1.79. The maximum Gasteiger partial charge on any atom is 0.178 e. The third-order valence-electron chi connectivity index (χ3n) is 1.79. The van der Waals surface area contributed by atoms with Crippen LogP contribution in [0.2, 0.25) is 0 Å². The second-order valence-electron chi connectivity index (χ2n) is 3.00. The van der Waals surface area contributed by atoms with E-state index < -0.39 is 0 Å². The van der Waals surface area contributed by atoms with Gasteiger partial charge in [0.15, 0.2) is 5.82 Å². The van der Waals surface area contributed by atoms with Gasteiger partial charge in [-0.1, -0.05) is 11.5 Å². The molecule has 0 aliphatic heterocycles. The molecule has 0 aliphatic carbocycles. The van der Waals surface area contributed by atoms with Crippen molar-refractivity contribution in [3.63, 3.8) is 0 Å². The van der Waals surface area contributed by atoms with Gasteiger partial charge < -0.3 is 0 Å². The number of rotatable bonds is 1. The quantitative estimate of drug-likeness (QED) is 0.606. The highest BCUT2D eigenvalue weighted by atomic mass is 14.9. The summed E-state index contributed by atoms with van der Waals surface area (Å²) in [5.74, 6) is 0.600. The summed E-state index contributed by atoms with van der Waals surface area (Å²) in [4.78, 5) is 12.5. The van der Waals surface area contributed by atoms with Crippen molar-refractivity contribution >= 4 is 13.3 Å². The molecule has 14 heavy (non-hydrogen) atoms. The molecule has 0 saturated heterocycles. The van der Waals surface area contributed by atoms with E-state index in [4.69, 9.17) is 7.85 Å². The van der Waals surface area contributed by atoms with Crippen LogP contribution in [0.1, 0.15) is 5.69 Å². The van der Waals surface area contributed by atoms with Crippen LogP contribution in [-0.4, -0.2) is 22.8 Å². The molecule has 2 aromatic rings. The summed E-state index contributed by atoms with van der Waals surface area (Å²) in [5, 5.41) is 0. The first-order valence-corrected chi connectivity index (χ1v) is 4.27. The van der Waals surface area contributed by atoms with Crippen LogP contribution >= 0.6 is 0 Å². The van der Waals surface area contributed by atoms with Crippen molar-refractivity contribution in [2.45, 2.75) is 6.92 Å². The van der Waals surface area contributed by atoms with E-state index in [1.807, 2.05) is 25.1 Å². The number of aromatic nitrogens is 3. The summed E-state index contributed by atoms with van der Waals surface area (Å²) in [6.45, 7) is 1.93.